The molecule has 7 atom stereocenters. The van der Waals surface area contributed by atoms with E-state index < -0.39 is 49.5 Å². The van der Waals surface area contributed by atoms with Crippen molar-refractivity contribution in [1.29, 1.82) is 0 Å². The molecule has 1 amide bonds. The number of hydrogen-bond donors (Lipinski definition) is 6. The van der Waals surface area contributed by atoms with E-state index in [-0.39, 0.29) is 12.5 Å². The lowest BCUT2D eigenvalue weighted by atomic mass is 9.99. The van der Waals surface area contributed by atoms with Crippen LogP contribution in [0.4, 0.5) is 0 Å². The lowest BCUT2D eigenvalue weighted by Gasteiger charge is -2.40. The lowest BCUT2D eigenvalue weighted by molar-refractivity contribution is -0.302. The van der Waals surface area contributed by atoms with E-state index in [9.17, 15) is 30.3 Å². The van der Waals surface area contributed by atoms with Gasteiger partial charge >= 0.3 is 0 Å². The summed E-state index contributed by atoms with van der Waals surface area (Å²) in [6.45, 7) is 3.43. The van der Waals surface area contributed by atoms with E-state index in [1.54, 1.807) is 6.08 Å². The van der Waals surface area contributed by atoms with Crippen molar-refractivity contribution in [3.05, 3.63) is 85.1 Å². The zero-order valence-corrected chi connectivity index (χ0v) is 38.4. The molecule has 9 heteroatoms. The van der Waals surface area contributed by atoms with Crippen LogP contribution in [0.5, 0.6) is 0 Å². The highest BCUT2D eigenvalue weighted by Crippen LogP contribution is 2.22. The fraction of sp³-hybridized carbons (Fsp3) is 0.712. The second-order valence-corrected chi connectivity index (χ2v) is 16.5. The third-order valence-electron chi connectivity index (χ3n) is 11.0. The zero-order chi connectivity index (χ0) is 44.4. The van der Waals surface area contributed by atoms with Crippen LogP contribution in [0.2, 0.25) is 0 Å². The van der Waals surface area contributed by atoms with Crippen LogP contribution in [-0.4, -0.2) is 87.5 Å². The predicted octanol–water partition coefficient (Wildman–Crippen LogP) is 10.7. The summed E-state index contributed by atoms with van der Waals surface area (Å²) in [7, 11) is 0. The van der Waals surface area contributed by atoms with Crippen LogP contribution < -0.4 is 5.32 Å². The van der Waals surface area contributed by atoms with Gasteiger partial charge in [-0.15, -0.1) is 0 Å². The second kappa shape index (κ2) is 41.4. The molecule has 0 spiro atoms. The van der Waals surface area contributed by atoms with Crippen molar-refractivity contribution in [2.24, 2.45) is 0 Å². The first-order valence-corrected chi connectivity index (χ1v) is 24.3. The number of hydrogen-bond acceptors (Lipinski definition) is 8. The van der Waals surface area contributed by atoms with Crippen molar-refractivity contribution < 1.29 is 39.8 Å². The van der Waals surface area contributed by atoms with Gasteiger partial charge in [0, 0.05) is 6.42 Å². The number of allylic oxidation sites excluding steroid dienone is 13. The summed E-state index contributed by atoms with van der Waals surface area (Å²) in [5.74, 6) is -0.192. The molecule has 0 radical (unpaired) electrons. The maximum Gasteiger partial charge on any atom is 0.220 e. The van der Waals surface area contributed by atoms with Crippen LogP contribution in [0.15, 0.2) is 85.1 Å². The Labute approximate surface area is 371 Å². The number of unbranched alkanes of at least 4 members (excludes halogenated alkanes) is 17. The fourth-order valence-corrected chi connectivity index (χ4v) is 7.11. The van der Waals surface area contributed by atoms with Crippen molar-refractivity contribution in [3.63, 3.8) is 0 Å². The first-order valence-electron chi connectivity index (χ1n) is 24.3. The molecule has 1 heterocycles. The summed E-state index contributed by atoms with van der Waals surface area (Å²) in [6.07, 6.45) is 51.8. The van der Waals surface area contributed by atoms with E-state index in [0.717, 1.165) is 70.6 Å². The maximum absolute atomic E-state index is 12.8. The summed E-state index contributed by atoms with van der Waals surface area (Å²) >= 11 is 0. The van der Waals surface area contributed by atoms with Crippen molar-refractivity contribution in [3.8, 4) is 0 Å². The van der Waals surface area contributed by atoms with E-state index in [0.29, 0.717) is 6.42 Å². The van der Waals surface area contributed by atoms with E-state index in [2.05, 4.69) is 85.2 Å². The third kappa shape index (κ3) is 31.8. The van der Waals surface area contributed by atoms with E-state index in [4.69, 9.17) is 9.47 Å². The highest BCUT2D eigenvalue weighted by atomic mass is 16.7. The molecule has 0 aromatic heterocycles. The topological polar surface area (TPSA) is 149 Å². The summed E-state index contributed by atoms with van der Waals surface area (Å²) in [5.41, 5.74) is 0. The van der Waals surface area contributed by atoms with Crippen LogP contribution in [0.1, 0.15) is 181 Å². The number of aliphatic hydroxyl groups excluding tert-OH is 5. The Balaban J connectivity index is 1.99. The molecule has 0 saturated carbocycles. The van der Waals surface area contributed by atoms with Gasteiger partial charge in [-0.1, -0.05) is 195 Å². The summed E-state index contributed by atoms with van der Waals surface area (Å²) < 4.78 is 11.1. The van der Waals surface area contributed by atoms with Crippen LogP contribution in [-0.2, 0) is 14.3 Å². The van der Waals surface area contributed by atoms with Gasteiger partial charge in [0.2, 0.25) is 5.91 Å². The highest BCUT2D eigenvalue weighted by Gasteiger charge is 2.44. The van der Waals surface area contributed by atoms with Gasteiger partial charge in [0.1, 0.15) is 24.4 Å². The first-order chi connectivity index (χ1) is 29.8. The molecule has 9 nitrogen and oxygen atoms in total. The Morgan fingerprint density at radius 3 is 1.48 bits per heavy atom. The van der Waals surface area contributed by atoms with Gasteiger partial charge in [0.05, 0.1) is 25.4 Å². The molecule has 6 N–H and O–H groups in total. The molecule has 1 rings (SSSR count). The lowest BCUT2D eigenvalue weighted by Crippen LogP contribution is -2.60. The van der Waals surface area contributed by atoms with E-state index in [1.165, 1.54) is 89.9 Å². The number of aliphatic hydroxyl groups is 5. The minimum Gasteiger partial charge on any atom is -0.394 e. The number of ether oxygens (including phenoxy) is 2. The molecule has 1 fully saturated rings. The van der Waals surface area contributed by atoms with Crippen molar-refractivity contribution in [2.45, 2.75) is 224 Å². The summed E-state index contributed by atoms with van der Waals surface area (Å²) in [5, 5.41) is 53.4. The second-order valence-electron chi connectivity index (χ2n) is 16.5. The quantitative estimate of drug-likeness (QED) is 0.0264. The van der Waals surface area contributed by atoms with Crippen LogP contribution in [0.25, 0.3) is 0 Å². The average molecular weight is 856 g/mol. The van der Waals surface area contributed by atoms with Crippen molar-refractivity contribution >= 4 is 5.91 Å². The van der Waals surface area contributed by atoms with Gasteiger partial charge < -0.3 is 40.3 Å². The van der Waals surface area contributed by atoms with Crippen LogP contribution in [0.3, 0.4) is 0 Å². The molecule has 7 unspecified atom stereocenters. The molecule has 1 saturated heterocycles. The molecule has 1 aliphatic rings. The Bertz CT molecular complexity index is 1220. The van der Waals surface area contributed by atoms with Gasteiger partial charge in [-0.2, -0.15) is 0 Å². The van der Waals surface area contributed by atoms with Gasteiger partial charge in [0.15, 0.2) is 6.29 Å². The molecule has 350 valence electrons. The number of amides is 1. The van der Waals surface area contributed by atoms with Crippen molar-refractivity contribution in [1.82, 2.24) is 5.32 Å². The third-order valence-corrected chi connectivity index (χ3v) is 11.0. The Morgan fingerprint density at radius 1 is 0.574 bits per heavy atom. The number of carbonyl (C=O) groups is 1. The predicted molar refractivity (Wildman–Crippen MR) is 253 cm³/mol. The monoisotopic (exact) mass is 856 g/mol. The standard InChI is InChI=1S/C52H89NO8/c1-3-5-7-8-9-10-11-12-13-14-15-16-17-18-19-20-21-22-23-24-25-26-27-28-29-30-31-32-33-34-35-36-37-38-40-42-48(56)53-45(46(55)41-39-6-4-2)44-60-52-51(59)50(58)49(57)47(43-54)61-52/h5,7,9-10,12-13,15-16,18-19,21-22,39,41,45-47,49-52,54-55,57-59H,3-4,6,8,11,14,17,20,23-38,40,42-44H2,1-2H3,(H,53,56)/b7-5-,10-9-,13-12-,16-15-,19-18-,22-21-,41-39+. The zero-order valence-electron chi connectivity index (χ0n) is 38.4. The van der Waals surface area contributed by atoms with Crippen LogP contribution >= 0.6 is 0 Å². The summed E-state index contributed by atoms with van der Waals surface area (Å²) in [4.78, 5) is 12.8. The molecule has 1 aliphatic heterocycles. The van der Waals surface area contributed by atoms with Crippen molar-refractivity contribution in [2.75, 3.05) is 13.2 Å². The Kier molecular flexibility index (Phi) is 38.3. The molecule has 0 bridgehead atoms. The minimum absolute atomic E-state index is 0.192. The van der Waals surface area contributed by atoms with Gasteiger partial charge in [0.25, 0.3) is 0 Å². The Morgan fingerprint density at radius 2 is 1.02 bits per heavy atom. The molecule has 0 aromatic carbocycles. The molecule has 0 aromatic rings. The molecular formula is C52H89NO8. The largest absolute Gasteiger partial charge is 0.394 e. The normalized spacial score (nSPS) is 21.2. The Hall–Kier alpha value is -2.63. The number of nitrogens with one attached hydrogen (secondary N) is 1. The maximum atomic E-state index is 12.8. The smallest absolute Gasteiger partial charge is 0.220 e. The summed E-state index contributed by atoms with van der Waals surface area (Å²) in [6, 6.07) is -0.803. The molecule has 0 aliphatic carbocycles. The van der Waals surface area contributed by atoms with Crippen LogP contribution in [0, 0.1) is 0 Å². The highest BCUT2D eigenvalue weighted by molar-refractivity contribution is 5.76. The number of rotatable bonds is 39. The van der Waals surface area contributed by atoms with E-state index in [1.807, 2.05) is 13.0 Å². The molecular weight excluding hydrogens is 767 g/mol. The minimum atomic E-state index is -1.56. The van der Waals surface area contributed by atoms with E-state index >= 15 is 0 Å². The molecule has 61 heavy (non-hydrogen) atoms. The van der Waals surface area contributed by atoms with Gasteiger partial charge in [-0.05, 0) is 64.2 Å². The van der Waals surface area contributed by atoms with Gasteiger partial charge in [-0.3, -0.25) is 4.79 Å². The fourth-order valence-electron chi connectivity index (χ4n) is 7.11. The number of carbonyl (C=O) groups excluding carboxylic acids is 1. The average Bonchev–Trinajstić information content (AvgIpc) is 3.26. The SMILES string of the molecule is CC/C=C\C/C=C\C/C=C\C/C=C\C/C=C\C/C=C\CCCCCCCCCCCCCCCCCCC(=O)NC(COC1OC(CO)C(O)C(O)C1O)C(O)/C=C/CCC. The van der Waals surface area contributed by atoms with Gasteiger partial charge in [-0.25, -0.2) is 0 Å². The first kappa shape index (κ1) is 56.4.